The Kier molecular flexibility index (Phi) is 5.81. The number of aromatic nitrogens is 3. The number of rotatable bonds is 6. The highest BCUT2D eigenvalue weighted by Crippen LogP contribution is 2.31. The van der Waals surface area contributed by atoms with Crippen molar-refractivity contribution >= 4 is 26.5 Å². The molecule has 0 amide bonds. The first kappa shape index (κ1) is 20.8. The van der Waals surface area contributed by atoms with Gasteiger partial charge >= 0.3 is 0 Å². The maximum atomic E-state index is 12.7. The molecule has 160 valence electrons. The van der Waals surface area contributed by atoms with E-state index in [1.165, 1.54) is 16.1 Å². The second kappa shape index (κ2) is 8.37. The predicted molar refractivity (Wildman–Crippen MR) is 117 cm³/mol. The molecule has 1 aromatic carbocycles. The number of aromatic amines is 1. The molecule has 1 saturated heterocycles. The maximum absolute atomic E-state index is 12.7. The lowest BCUT2D eigenvalue weighted by Gasteiger charge is -2.33. The molecule has 1 unspecified atom stereocenters. The zero-order valence-corrected chi connectivity index (χ0v) is 18.8. The number of ether oxygens (including phenoxy) is 1. The number of thiazole rings is 1. The zero-order valence-electron chi connectivity index (χ0n) is 17.2. The second-order valence-electron chi connectivity index (χ2n) is 7.31. The third-order valence-electron chi connectivity index (χ3n) is 5.34. The van der Waals surface area contributed by atoms with Gasteiger partial charge in [-0.05, 0) is 24.6 Å². The van der Waals surface area contributed by atoms with Gasteiger partial charge in [-0.25, -0.2) is 18.4 Å². The summed E-state index contributed by atoms with van der Waals surface area (Å²) < 4.78 is 32.2. The topological polar surface area (TPSA) is 91.4 Å². The van der Waals surface area contributed by atoms with Crippen LogP contribution in [0.3, 0.4) is 0 Å². The molecule has 0 saturated carbocycles. The number of hydrogen-bond acceptors (Lipinski definition) is 7. The van der Waals surface area contributed by atoms with Crippen LogP contribution in [-0.2, 0) is 10.0 Å². The highest BCUT2D eigenvalue weighted by atomic mass is 32.2. The van der Waals surface area contributed by atoms with E-state index in [-0.39, 0.29) is 11.1 Å². The number of benzene rings is 1. The van der Waals surface area contributed by atoms with Crippen molar-refractivity contribution in [3.63, 3.8) is 0 Å². The van der Waals surface area contributed by atoms with E-state index in [0.717, 1.165) is 22.3 Å². The van der Waals surface area contributed by atoms with Crippen molar-refractivity contribution in [3.05, 3.63) is 52.8 Å². The molecule has 1 atom stereocenters. The molecule has 1 fully saturated rings. The van der Waals surface area contributed by atoms with Crippen LogP contribution in [-0.4, -0.2) is 61.0 Å². The minimum atomic E-state index is -3.58. The first-order valence-electron chi connectivity index (χ1n) is 9.74. The molecule has 1 aliphatic rings. The largest absolute Gasteiger partial charge is 0.497 e. The summed E-state index contributed by atoms with van der Waals surface area (Å²) in [6, 6.07) is 8.03. The van der Waals surface area contributed by atoms with Crippen LogP contribution in [0.4, 0.5) is 5.13 Å². The second-order valence-corrected chi connectivity index (χ2v) is 10.0. The number of methoxy groups -OCH3 is 1. The highest BCUT2D eigenvalue weighted by Gasteiger charge is 2.31. The van der Waals surface area contributed by atoms with Crippen LogP contribution in [0.2, 0.25) is 0 Å². The van der Waals surface area contributed by atoms with Crippen LogP contribution in [0.25, 0.3) is 0 Å². The summed E-state index contributed by atoms with van der Waals surface area (Å²) in [4.78, 5) is 13.8. The SMILES string of the molecule is COc1ccc(C(C)c2csc(N3CCN(S(=O)(=O)c4ncc(C)[nH]4)CC3)n2)cc1. The Morgan fingerprint density at radius 1 is 1.17 bits per heavy atom. The van der Waals surface area contributed by atoms with Crippen LogP contribution in [0, 0.1) is 6.92 Å². The average molecular weight is 448 g/mol. The first-order valence-corrected chi connectivity index (χ1v) is 12.1. The average Bonchev–Trinajstić information content (AvgIpc) is 3.43. The summed E-state index contributed by atoms with van der Waals surface area (Å²) in [7, 11) is -1.93. The summed E-state index contributed by atoms with van der Waals surface area (Å²) in [5.74, 6) is 1.01. The van der Waals surface area contributed by atoms with Gasteiger partial charge in [0.25, 0.3) is 10.0 Å². The normalized spacial score (nSPS) is 16.6. The number of aryl methyl sites for hydroxylation is 1. The van der Waals surface area contributed by atoms with E-state index < -0.39 is 10.0 Å². The van der Waals surface area contributed by atoms with Crippen molar-refractivity contribution in [2.24, 2.45) is 0 Å². The number of anilines is 1. The first-order chi connectivity index (χ1) is 14.4. The number of nitrogens with zero attached hydrogens (tertiary/aromatic N) is 4. The van der Waals surface area contributed by atoms with Crippen LogP contribution in [0.15, 0.2) is 41.0 Å². The molecule has 30 heavy (non-hydrogen) atoms. The molecule has 4 rings (SSSR count). The molecule has 3 heterocycles. The van der Waals surface area contributed by atoms with E-state index in [4.69, 9.17) is 9.72 Å². The van der Waals surface area contributed by atoms with E-state index in [0.29, 0.717) is 26.2 Å². The van der Waals surface area contributed by atoms with Crippen LogP contribution in [0.1, 0.15) is 29.8 Å². The minimum Gasteiger partial charge on any atom is -0.497 e. The van der Waals surface area contributed by atoms with Crippen molar-refractivity contribution < 1.29 is 13.2 Å². The van der Waals surface area contributed by atoms with E-state index in [1.807, 2.05) is 12.1 Å². The smallest absolute Gasteiger partial charge is 0.276 e. The molecule has 0 bridgehead atoms. The van der Waals surface area contributed by atoms with Gasteiger partial charge in [-0.2, -0.15) is 4.31 Å². The van der Waals surface area contributed by atoms with Crippen LogP contribution >= 0.6 is 11.3 Å². The fourth-order valence-corrected chi connectivity index (χ4v) is 5.78. The summed E-state index contributed by atoms with van der Waals surface area (Å²) >= 11 is 1.60. The van der Waals surface area contributed by atoms with Crippen LogP contribution < -0.4 is 9.64 Å². The number of imidazole rings is 1. The Hall–Kier alpha value is -2.43. The Bertz CT molecular complexity index is 1100. The van der Waals surface area contributed by atoms with Crippen molar-refractivity contribution in [1.29, 1.82) is 0 Å². The zero-order chi connectivity index (χ0) is 21.3. The molecular weight excluding hydrogens is 422 g/mol. The lowest BCUT2D eigenvalue weighted by Crippen LogP contribution is -2.48. The molecule has 10 heteroatoms. The number of sulfonamides is 1. The molecule has 3 aromatic rings. The van der Waals surface area contributed by atoms with Crippen molar-refractivity contribution in [2.75, 3.05) is 38.2 Å². The molecule has 0 spiro atoms. The van der Waals surface area contributed by atoms with Gasteiger partial charge in [0.15, 0.2) is 5.13 Å². The fraction of sp³-hybridized carbons (Fsp3) is 0.400. The number of H-pyrrole nitrogens is 1. The Morgan fingerprint density at radius 2 is 1.87 bits per heavy atom. The van der Waals surface area contributed by atoms with Gasteiger partial charge in [0.1, 0.15) is 5.75 Å². The highest BCUT2D eigenvalue weighted by molar-refractivity contribution is 7.89. The van der Waals surface area contributed by atoms with Gasteiger partial charge in [0.2, 0.25) is 5.16 Å². The number of piperazine rings is 1. The maximum Gasteiger partial charge on any atom is 0.276 e. The van der Waals surface area contributed by atoms with Gasteiger partial charge < -0.3 is 14.6 Å². The monoisotopic (exact) mass is 447 g/mol. The van der Waals surface area contributed by atoms with Gasteiger partial charge in [-0.15, -0.1) is 11.3 Å². The van der Waals surface area contributed by atoms with Crippen LogP contribution in [0.5, 0.6) is 5.75 Å². The van der Waals surface area contributed by atoms with E-state index >= 15 is 0 Å². The minimum absolute atomic E-state index is 0.0123. The molecule has 2 aromatic heterocycles. The molecule has 1 aliphatic heterocycles. The quantitative estimate of drug-likeness (QED) is 0.625. The third kappa shape index (κ3) is 4.07. The lowest BCUT2D eigenvalue weighted by atomic mass is 9.99. The number of hydrogen-bond donors (Lipinski definition) is 1. The molecule has 1 N–H and O–H groups in total. The van der Waals surface area contributed by atoms with E-state index in [1.54, 1.807) is 25.4 Å². The van der Waals surface area contributed by atoms with Gasteiger partial charge in [0.05, 0.1) is 12.8 Å². The van der Waals surface area contributed by atoms with E-state index in [2.05, 4.69) is 39.3 Å². The van der Waals surface area contributed by atoms with Gasteiger partial charge in [-0.3, -0.25) is 0 Å². The van der Waals surface area contributed by atoms with Crippen molar-refractivity contribution in [2.45, 2.75) is 24.9 Å². The van der Waals surface area contributed by atoms with Gasteiger partial charge in [0, 0.05) is 49.4 Å². The number of nitrogens with one attached hydrogen (secondary N) is 1. The summed E-state index contributed by atoms with van der Waals surface area (Å²) in [5, 5.41) is 3.02. The Morgan fingerprint density at radius 3 is 2.47 bits per heavy atom. The fourth-order valence-electron chi connectivity index (χ4n) is 3.45. The molecule has 0 radical (unpaired) electrons. The summed E-state index contributed by atoms with van der Waals surface area (Å²) in [6.07, 6.45) is 1.53. The van der Waals surface area contributed by atoms with Crippen molar-refractivity contribution in [1.82, 2.24) is 19.3 Å². The van der Waals surface area contributed by atoms with E-state index in [9.17, 15) is 8.42 Å². The molecule has 8 nitrogen and oxygen atoms in total. The third-order valence-corrected chi connectivity index (χ3v) is 8.00. The molecule has 0 aliphatic carbocycles. The predicted octanol–water partition coefficient (Wildman–Crippen LogP) is 2.85. The Balaban J connectivity index is 1.41. The van der Waals surface area contributed by atoms with Crippen molar-refractivity contribution in [3.8, 4) is 5.75 Å². The Labute approximate surface area is 180 Å². The summed E-state index contributed by atoms with van der Waals surface area (Å²) in [6.45, 7) is 5.94. The van der Waals surface area contributed by atoms with Gasteiger partial charge in [-0.1, -0.05) is 19.1 Å². The molecular formula is C20H25N5O3S2. The lowest BCUT2D eigenvalue weighted by molar-refractivity contribution is 0.381. The summed E-state index contributed by atoms with van der Waals surface area (Å²) in [5.41, 5.74) is 2.92. The standard InChI is InChI=1S/C20H25N5O3S2/c1-14-12-21-19(22-14)30(26,27)25-10-8-24(9-11-25)20-23-18(13-29-20)15(2)16-4-6-17(28-3)7-5-16/h4-7,12-13,15H,8-11H2,1-3H3,(H,21,22).